The third-order valence-electron chi connectivity index (χ3n) is 3.71. The zero-order chi connectivity index (χ0) is 18.7. The summed E-state index contributed by atoms with van der Waals surface area (Å²) in [5.74, 6) is 0.588. The van der Waals surface area contributed by atoms with Crippen molar-refractivity contribution >= 4 is 17.6 Å². The van der Waals surface area contributed by atoms with E-state index in [0.29, 0.717) is 12.5 Å². The molecule has 0 bridgehead atoms. The second kappa shape index (κ2) is 11.1. The summed E-state index contributed by atoms with van der Waals surface area (Å²) in [5.41, 5.74) is 2.46. The molecule has 1 aromatic rings. The molecule has 0 unspecified atom stereocenters. The Balaban J connectivity index is 2.60. The van der Waals surface area contributed by atoms with Crippen LogP contribution in [0.25, 0.3) is 0 Å². The Morgan fingerprint density at radius 1 is 1.32 bits per heavy atom. The molecule has 2 N–H and O–H groups in total. The Kier molecular flexibility index (Phi) is 9.14. The summed E-state index contributed by atoms with van der Waals surface area (Å²) >= 11 is 0. The SMILES string of the molecule is C=CCNC(=NCC(=O)N(C)C)NCCN(CC)c1cccc(C)c1. The summed E-state index contributed by atoms with van der Waals surface area (Å²) in [4.78, 5) is 19.9. The Labute approximate surface area is 151 Å². The predicted molar refractivity (Wildman–Crippen MR) is 106 cm³/mol. The molecular weight excluding hydrogens is 314 g/mol. The zero-order valence-corrected chi connectivity index (χ0v) is 15.9. The van der Waals surface area contributed by atoms with Crippen molar-refractivity contribution in [2.45, 2.75) is 13.8 Å². The molecule has 25 heavy (non-hydrogen) atoms. The first-order valence-electron chi connectivity index (χ1n) is 8.62. The normalized spacial score (nSPS) is 11.0. The molecule has 6 nitrogen and oxygen atoms in total. The fourth-order valence-electron chi connectivity index (χ4n) is 2.23. The molecule has 0 fully saturated rings. The molecule has 0 saturated carbocycles. The number of carbonyl (C=O) groups excluding carboxylic acids is 1. The van der Waals surface area contributed by atoms with Gasteiger partial charge in [0.15, 0.2) is 5.96 Å². The topological polar surface area (TPSA) is 60.0 Å². The van der Waals surface area contributed by atoms with Gasteiger partial charge >= 0.3 is 0 Å². The van der Waals surface area contributed by atoms with Gasteiger partial charge in [-0.1, -0.05) is 18.2 Å². The van der Waals surface area contributed by atoms with Crippen LogP contribution in [0.3, 0.4) is 0 Å². The fraction of sp³-hybridized carbons (Fsp3) is 0.474. The van der Waals surface area contributed by atoms with Crippen molar-refractivity contribution in [3.63, 3.8) is 0 Å². The summed E-state index contributed by atoms with van der Waals surface area (Å²) in [6.07, 6.45) is 1.76. The number of guanidine groups is 1. The highest BCUT2D eigenvalue weighted by Crippen LogP contribution is 2.14. The second-order valence-electron chi connectivity index (χ2n) is 5.97. The lowest BCUT2D eigenvalue weighted by Crippen LogP contribution is -2.42. The highest BCUT2D eigenvalue weighted by molar-refractivity contribution is 5.84. The van der Waals surface area contributed by atoms with Gasteiger partial charge in [-0.15, -0.1) is 6.58 Å². The summed E-state index contributed by atoms with van der Waals surface area (Å²) in [7, 11) is 3.45. The minimum absolute atomic E-state index is 0.0327. The number of rotatable bonds is 9. The molecular formula is C19H31N5O. The highest BCUT2D eigenvalue weighted by Gasteiger charge is 2.06. The molecule has 0 heterocycles. The van der Waals surface area contributed by atoms with E-state index in [4.69, 9.17) is 0 Å². The zero-order valence-electron chi connectivity index (χ0n) is 15.9. The van der Waals surface area contributed by atoms with E-state index in [-0.39, 0.29) is 12.5 Å². The summed E-state index contributed by atoms with van der Waals surface area (Å²) in [6, 6.07) is 8.48. The van der Waals surface area contributed by atoms with Gasteiger partial charge in [0.05, 0.1) is 0 Å². The number of nitrogens with zero attached hydrogens (tertiary/aromatic N) is 3. The summed E-state index contributed by atoms with van der Waals surface area (Å²) in [6.45, 7) is 11.1. The van der Waals surface area contributed by atoms with Gasteiger partial charge in [0.25, 0.3) is 0 Å². The number of likely N-dealkylation sites (N-methyl/N-ethyl adjacent to an activating group) is 2. The second-order valence-corrected chi connectivity index (χ2v) is 5.97. The van der Waals surface area contributed by atoms with Crippen LogP contribution in [0.4, 0.5) is 5.69 Å². The van der Waals surface area contributed by atoms with Crippen LogP contribution in [-0.4, -0.2) is 63.6 Å². The number of aryl methyl sites for hydroxylation is 1. The standard InChI is InChI=1S/C19H31N5O/c1-6-11-20-19(22-15-18(25)23(4)5)21-12-13-24(7-2)17-10-8-9-16(3)14-17/h6,8-10,14H,1,7,11-13,15H2,2-5H3,(H2,20,21,22). The molecule has 0 aliphatic rings. The van der Waals surface area contributed by atoms with Gasteiger partial charge in [-0.05, 0) is 31.5 Å². The number of amides is 1. The molecule has 6 heteroatoms. The van der Waals surface area contributed by atoms with Crippen LogP contribution in [-0.2, 0) is 4.79 Å². The van der Waals surface area contributed by atoms with Gasteiger partial charge in [-0.3, -0.25) is 4.79 Å². The number of hydrogen-bond acceptors (Lipinski definition) is 3. The Hall–Kier alpha value is -2.50. The third-order valence-corrected chi connectivity index (χ3v) is 3.71. The van der Waals surface area contributed by atoms with Crippen molar-refractivity contribution in [2.75, 3.05) is 51.7 Å². The van der Waals surface area contributed by atoms with Crippen molar-refractivity contribution in [1.29, 1.82) is 0 Å². The van der Waals surface area contributed by atoms with E-state index in [1.54, 1.807) is 20.2 Å². The molecule has 1 amide bonds. The number of benzene rings is 1. The van der Waals surface area contributed by atoms with Gasteiger partial charge < -0.3 is 20.4 Å². The number of nitrogens with one attached hydrogen (secondary N) is 2. The Morgan fingerprint density at radius 3 is 2.68 bits per heavy atom. The maximum Gasteiger partial charge on any atom is 0.243 e. The van der Waals surface area contributed by atoms with Crippen LogP contribution < -0.4 is 15.5 Å². The van der Waals surface area contributed by atoms with Crippen molar-refractivity contribution in [1.82, 2.24) is 15.5 Å². The van der Waals surface area contributed by atoms with E-state index in [2.05, 4.69) is 65.2 Å². The summed E-state index contributed by atoms with van der Waals surface area (Å²) in [5, 5.41) is 6.41. The van der Waals surface area contributed by atoms with Crippen molar-refractivity contribution in [2.24, 2.45) is 4.99 Å². The van der Waals surface area contributed by atoms with Crippen molar-refractivity contribution in [3.05, 3.63) is 42.5 Å². The van der Waals surface area contributed by atoms with Crippen LogP contribution in [0.15, 0.2) is 41.9 Å². The molecule has 0 aliphatic heterocycles. The lowest BCUT2D eigenvalue weighted by molar-refractivity contribution is -0.127. The molecule has 138 valence electrons. The van der Waals surface area contributed by atoms with Gasteiger partial charge in [0.1, 0.15) is 6.54 Å². The first-order valence-corrected chi connectivity index (χ1v) is 8.62. The monoisotopic (exact) mass is 345 g/mol. The Morgan fingerprint density at radius 2 is 2.08 bits per heavy atom. The van der Waals surface area contributed by atoms with Crippen molar-refractivity contribution in [3.8, 4) is 0 Å². The van der Waals surface area contributed by atoms with E-state index in [9.17, 15) is 4.79 Å². The van der Waals surface area contributed by atoms with Crippen molar-refractivity contribution < 1.29 is 4.79 Å². The predicted octanol–water partition coefficient (Wildman–Crippen LogP) is 1.63. The average molecular weight is 345 g/mol. The van der Waals surface area contributed by atoms with E-state index in [0.717, 1.165) is 19.6 Å². The summed E-state index contributed by atoms with van der Waals surface area (Å²) < 4.78 is 0. The van der Waals surface area contributed by atoms with E-state index < -0.39 is 0 Å². The van der Waals surface area contributed by atoms with Crippen LogP contribution in [0.1, 0.15) is 12.5 Å². The van der Waals surface area contributed by atoms with E-state index in [1.807, 2.05) is 0 Å². The molecule has 0 aromatic heterocycles. The molecule has 0 aliphatic carbocycles. The fourth-order valence-corrected chi connectivity index (χ4v) is 2.23. The van der Waals surface area contributed by atoms with Crippen LogP contribution >= 0.6 is 0 Å². The minimum Gasteiger partial charge on any atom is -0.370 e. The average Bonchev–Trinajstić information content (AvgIpc) is 2.59. The minimum atomic E-state index is -0.0327. The first-order chi connectivity index (χ1) is 12.0. The number of aliphatic imine (C=N–C) groups is 1. The smallest absolute Gasteiger partial charge is 0.243 e. The molecule has 1 rings (SSSR count). The quantitative estimate of drug-likeness (QED) is 0.406. The molecule has 1 aromatic carbocycles. The maximum absolute atomic E-state index is 11.7. The van der Waals surface area contributed by atoms with Gasteiger partial charge in [-0.2, -0.15) is 0 Å². The lowest BCUT2D eigenvalue weighted by Gasteiger charge is -2.24. The third kappa shape index (κ3) is 7.74. The van der Waals surface area contributed by atoms with Gasteiger partial charge in [0.2, 0.25) is 5.91 Å². The van der Waals surface area contributed by atoms with E-state index in [1.165, 1.54) is 16.2 Å². The largest absolute Gasteiger partial charge is 0.370 e. The lowest BCUT2D eigenvalue weighted by atomic mass is 10.2. The number of carbonyl (C=O) groups is 1. The highest BCUT2D eigenvalue weighted by atomic mass is 16.2. The van der Waals surface area contributed by atoms with Crippen LogP contribution in [0, 0.1) is 6.92 Å². The number of hydrogen-bond donors (Lipinski definition) is 2. The number of anilines is 1. The van der Waals surface area contributed by atoms with E-state index >= 15 is 0 Å². The molecule has 0 saturated heterocycles. The van der Waals surface area contributed by atoms with Crippen LogP contribution in [0.5, 0.6) is 0 Å². The first kappa shape index (κ1) is 20.5. The maximum atomic E-state index is 11.7. The van der Waals surface area contributed by atoms with Gasteiger partial charge in [-0.25, -0.2) is 4.99 Å². The van der Waals surface area contributed by atoms with Gasteiger partial charge in [0, 0.05) is 46.0 Å². The van der Waals surface area contributed by atoms with Crippen LogP contribution in [0.2, 0.25) is 0 Å². The molecule has 0 radical (unpaired) electrons. The Bertz CT molecular complexity index is 583. The molecule has 0 spiro atoms. The molecule has 0 atom stereocenters.